The quantitative estimate of drug-likeness (QED) is 0.861. The van der Waals surface area contributed by atoms with Gasteiger partial charge >= 0.3 is 0 Å². The summed E-state index contributed by atoms with van der Waals surface area (Å²) in [4.78, 5) is 0.360. The molecule has 0 saturated heterocycles. The van der Waals surface area contributed by atoms with Gasteiger partial charge in [-0.15, -0.1) is 0 Å². The predicted molar refractivity (Wildman–Crippen MR) is 72.5 cm³/mol. The van der Waals surface area contributed by atoms with E-state index in [1.807, 2.05) is 6.07 Å². The maximum absolute atomic E-state index is 12.0. The molecule has 2 nitrogen and oxygen atoms in total. The first-order valence-electron chi connectivity index (χ1n) is 5.52. The fourth-order valence-corrected chi connectivity index (χ4v) is 3.15. The number of sulfone groups is 1. The molecule has 0 bridgehead atoms. The lowest BCUT2D eigenvalue weighted by Gasteiger charge is -2.04. The summed E-state index contributed by atoms with van der Waals surface area (Å²) >= 11 is 5.81. The zero-order chi connectivity index (χ0) is 13.0. The van der Waals surface area contributed by atoms with E-state index in [-0.39, 0.29) is 5.75 Å². The summed E-state index contributed by atoms with van der Waals surface area (Å²) in [6, 6.07) is 16.6. The van der Waals surface area contributed by atoms with Crippen molar-refractivity contribution in [3.8, 4) is 0 Å². The van der Waals surface area contributed by atoms with E-state index in [0.717, 1.165) is 5.56 Å². The van der Waals surface area contributed by atoms with E-state index >= 15 is 0 Å². The van der Waals surface area contributed by atoms with Gasteiger partial charge in [-0.1, -0.05) is 41.9 Å². The Kier molecular flexibility index (Phi) is 4.04. The van der Waals surface area contributed by atoms with E-state index in [2.05, 4.69) is 6.07 Å². The molecular weight excluding hydrogens is 268 g/mol. The van der Waals surface area contributed by atoms with Gasteiger partial charge in [-0.3, -0.25) is 0 Å². The first-order valence-corrected chi connectivity index (χ1v) is 7.55. The molecule has 0 heterocycles. The summed E-state index contributed by atoms with van der Waals surface area (Å²) in [5, 5.41) is 0.504. The Labute approximate surface area is 112 Å². The molecule has 0 atom stereocenters. The van der Waals surface area contributed by atoms with Crippen molar-refractivity contribution in [2.45, 2.75) is 11.3 Å². The summed E-state index contributed by atoms with van der Waals surface area (Å²) in [6.45, 7) is 0. The third-order valence-corrected chi connectivity index (χ3v) is 4.54. The molecule has 2 rings (SSSR count). The molecular formula is C14H12ClO2S. The van der Waals surface area contributed by atoms with Crippen molar-refractivity contribution in [3.05, 3.63) is 65.2 Å². The third-order valence-electron chi connectivity index (χ3n) is 2.59. The molecule has 0 spiro atoms. The Morgan fingerprint density at radius 1 is 1.11 bits per heavy atom. The Morgan fingerprint density at radius 3 is 2.50 bits per heavy atom. The summed E-state index contributed by atoms with van der Waals surface area (Å²) in [5.74, 6) is 0.0807. The molecule has 0 aliphatic heterocycles. The van der Waals surface area contributed by atoms with Crippen LogP contribution in [0.5, 0.6) is 0 Å². The average molecular weight is 280 g/mol. The number of hydrogen-bond donors (Lipinski definition) is 0. The van der Waals surface area contributed by atoms with Gasteiger partial charge in [-0.2, -0.15) is 0 Å². The Bertz CT molecular complexity index is 621. The highest BCUT2D eigenvalue weighted by molar-refractivity contribution is 7.91. The summed E-state index contributed by atoms with van der Waals surface area (Å²) < 4.78 is 24.1. The molecule has 18 heavy (non-hydrogen) atoms. The van der Waals surface area contributed by atoms with Crippen molar-refractivity contribution < 1.29 is 8.42 Å². The lowest BCUT2D eigenvalue weighted by Crippen LogP contribution is -2.09. The van der Waals surface area contributed by atoms with Gasteiger partial charge < -0.3 is 0 Å². The fraction of sp³-hybridized carbons (Fsp3) is 0.143. The molecule has 0 amide bonds. The molecule has 2 aromatic carbocycles. The second-order valence-electron chi connectivity index (χ2n) is 3.93. The lowest BCUT2D eigenvalue weighted by molar-refractivity contribution is 0.595. The number of halogens is 1. The van der Waals surface area contributed by atoms with E-state index in [0.29, 0.717) is 16.3 Å². The summed E-state index contributed by atoms with van der Waals surface area (Å²) in [5.41, 5.74) is 0.901. The Morgan fingerprint density at radius 2 is 1.83 bits per heavy atom. The normalized spacial score (nSPS) is 11.4. The van der Waals surface area contributed by atoms with Crippen LogP contribution in [0.25, 0.3) is 0 Å². The average Bonchev–Trinajstić information content (AvgIpc) is 2.38. The monoisotopic (exact) mass is 279 g/mol. The number of hydrogen-bond acceptors (Lipinski definition) is 2. The molecule has 0 aliphatic carbocycles. The van der Waals surface area contributed by atoms with Crippen LogP contribution in [0.2, 0.25) is 5.02 Å². The summed E-state index contributed by atoms with van der Waals surface area (Å²) in [7, 11) is -3.22. The first kappa shape index (κ1) is 13.1. The predicted octanol–water partition coefficient (Wildman–Crippen LogP) is 3.16. The minimum Gasteiger partial charge on any atom is -0.224 e. The molecule has 0 fully saturated rings. The highest BCUT2D eigenvalue weighted by Crippen LogP contribution is 2.14. The van der Waals surface area contributed by atoms with Gasteiger partial charge in [-0.25, -0.2) is 8.42 Å². The molecule has 0 unspecified atom stereocenters. The highest BCUT2D eigenvalue weighted by atomic mass is 35.5. The minimum atomic E-state index is -3.22. The first-order chi connectivity index (χ1) is 8.58. The van der Waals surface area contributed by atoms with Gasteiger partial charge in [-0.05, 0) is 30.2 Å². The van der Waals surface area contributed by atoms with Crippen LogP contribution in [0.3, 0.4) is 0 Å². The molecule has 0 saturated carbocycles. The second kappa shape index (κ2) is 5.55. The van der Waals surface area contributed by atoms with Crippen LogP contribution in [-0.4, -0.2) is 14.2 Å². The molecule has 1 radical (unpaired) electrons. The highest BCUT2D eigenvalue weighted by Gasteiger charge is 2.13. The van der Waals surface area contributed by atoms with Gasteiger partial charge in [0, 0.05) is 11.1 Å². The van der Waals surface area contributed by atoms with Crippen molar-refractivity contribution in [2.24, 2.45) is 0 Å². The van der Waals surface area contributed by atoms with Gasteiger partial charge in [0.1, 0.15) is 0 Å². The SMILES string of the molecule is O=S(=O)(CCc1cc[c]c(Cl)c1)c1ccccc1. The third kappa shape index (κ3) is 3.34. The van der Waals surface area contributed by atoms with E-state index < -0.39 is 9.84 Å². The van der Waals surface area contributed by atoms with Gasteiger partial charge in [0.2, 0.25) is 0 Å². The van der Waals surface area contributed by atoms with Crippen LogP contribution in [0.15, 0.2) is 53.4 Å². The van der Waals surface area contributed by atoms with Crippen LogP contribution >= 0.6 is 11.6 Å². The maximum atomic E-state index is 12.0. The molecule has 2 aromatic rings. The van der Waals surface area contributed by atoms with E-state index in [1.165, 1.54) is 0 Å². The Hall–Kier alpha value is -1.32. The zero-order valence-corrected chi connectivity index (χ0v) is 11.2. The molecule has 0 aromatic heterocycles. The minimum absolute atomic E-state index is 0.0807. The van der Waals surface area contributed by atoms with Gasteiger partial charge in [0.15, 0.2) is 9.84 Å². The Balaban J connectivity index is 2.11. The second-order valence-corrected chi connectivity index (χ2v) is 6.44. The van der Waals surface area contributed by atoms with Crippen LogP contribution in [0.1, 0.15) is 5.56 Å². The maximum Gasteiger partial charge on any atom is 0.178 e. The number of aryl methyl sites for hydroxylation is 1. The van der Waals surface area contributed by atoms with Gasteiger partial charge in [0.25, 0.3) is 0 Å². The van der Waals surface area contributed by atoms with Crippen molar-refractivity contribution in [2.75, 3.05) is 5.75 Å². The smallest absolute Gasteiger partial charge is 0.178 e. The zero-order valence-electron chi connectivity index (χ0n) is 9.64. The number of benzene rings is 2. The van der Waals surface area contributed by atoms with Gasteiger partial charge in [0.05, 0.1) is 10.6 Å². The van der Waals surface area contributed by atoms with Crippen molar-refractivity contribution in [1.82, 2.24) is 0 Å². The van der Waals surface area contributed by atoms with Crippen LogP contribution in [0, 0.1) is 6.07 Å². The van der Waals surface area contributed by atoms with Crippen molar-refractivity contribution >= 4 is 21.4 Å². The standard InChI is InChI=1S/C14H12ClO2S/c15-13-6-4-5-12(11-13)9-10-18(16,17)14-7-2-1-3-8-14/h1-5,7-8,11H,9-10H2. The largest absolute Gasteiger partial charge is 0.224 e. The van der Waals surface area contributed by atoms with Crippen LogP contribution < -0.4 is 0 Å². The van der Waals surface area contributed by atoms with Crippen LogP contribution in [0.4, 0.5) is 0 Å². The summed E-state index contributed by atoms with van der Waals surface area (Å²) in [6.07, 6.45) is 0.450. The van der Waals surface area contributed by atoms with Crippen molar-refractivity contribution in [1.29, 1.82) is 0 Å². The van der Waals surface area contributed by atoms with E-state index in [1.54, 1.807) is 42.5 Å². The van der Waals surface area contributed by atoms with Crippen molar-refractivity contribution in [3.63, 3.8) is 0 Å². The molecule has 0 N–H and O–H groups in total. The topological polar surface area (TPSA) is 34.1 Å². The lowest BCUT2D eigenvalue weighted by atomic mass is 10.2. The molecule has 0 aliphatic rings. The molecule has 4 heteroatoms. The number of rotatable bonds is 4. The van der Waals surface area contributed by atoms with E-state index in [4.69, 9.17) is 11.6 Å². The fourth-order valence-electron chi connectivity index (χ4n) is 1.63. The van der Waals surface area contributed by atoms with Crippen LogP contribution in [-0.2, 0) is 16.3 Å². The molecule has 93 valence electrons. The van der Waals surface area contributed by atoms with E-state index in [9.17, 15) is 8.42 Å².